The zero-order valence-electron chi connectivity index (χ0n) is 13.9. The number of benzene rings is 1. The number of halogens is 4. The van der Waals surface area contributed by atoms with E-state index in [1.54, 1.807) is 32.0 Å². The maximum absolute atomic E-state index is 12.7. The Morgan fingerprint density at radius 1 is 1.22 bits per heavy atom. The topological polar surface area (TPSA) is 72.2 Å². The van der Waals surface area contributed by atoms with E-state index in [2.05, 4.69) is 14.4 Å². The smallest absolute Gasteiger partial charge is 0.351 e. The number of hydrogen-bond acceptors (Lipinski definition) is 5. The van der Waals surface area contributed by atoms with Crippen molar-refractivity contribution in [3.05, 3.63) is 51.6 Å². The summed E-state index contributed by atoms with van der Waals surface area (Å²) in [4.78, 5) is 0.585. The Kier molecular flexibility index (Phi) is 5.00. The highest BCUT2D eigenvalue weighted by atomic mass is 35.5. The molecule has 0 unspecified atom stereocenters. The SMILES string of the molecule is Cc1sc(-c2cc(C(F)(F)F)on2)cc1S(=O)(=O)Nc1cccc(Cl)c1C. The van der Waals surface area contributed by atoms with Crippen molar-refractivity contribution in [2.45, 2.75) is 24.9 Å². The molecule has 0 aliphatic rings. The maximum atomic E-state index is 12.7. The minimum Gasteiger partial charge on any atom is -0.351 e. The molecule has 144 valence electrons. The molecule has 0 radical (unpaired) electrons. The molecular formula is C16H12ClF3N2O3S2. The van der Waals surface area contributed by atoms with Crippen molar-refractivity contribution in [1.82, 2.24) is 5.16 Å². The van der Waals surface area contributed by atoms with Crippen LogP contribution in [0, 0.1) is 13.8 Å². The van der Waals surface area contributed by atoms with E-state index >= 15 is 0 Å². The van der Waals surface area contributed by atoms with Gasteiger partial charge in [-0.2, -0.15) is 13.2 Å². The lowest BCUT2D eigenvalue weighted by Crippen LogP contribution is -2.14. The largest absolute Gasteiger partial charge is 0.452 e. The first kappa shape index (κ1) is 19.7. The van der Waals surface area contributed by atoms with Gasteiger partial charge in [-0.1, -0.05) is 22.8 Å². The summed E-state index contributed by atoms with van der Waals surface area (Å²) in [6.07, 6.45) is -4.67. The van der Waals surface area contributed by atoms with E-state index in [0.717, 1.165) is 17.4 Å². The summed E-state index contributed by atoms with van der Waals surface area (Å²) in [7, 11) is -3.97. The van der Waals surface area contributed by atoms with Gasteiger partial charge < -0.3 is 4.52 Å². The summed E-state index contributed by atoms with van der Waals surface area (Å²) in [6.45, 7) is 3.22. The quantitative estimate of drug-likeness (QED) is 0.586. The van der Waals surface area contributed by atoms with Crippen molar-refractivity contribution in [1.29, 1.82) is 0 Å². The molecule has 1 N–H and O–H groups in total. The molecule has 0 bridgehead atoms. The predicted molar refractivity (Wildman–Crippen MR) is 96.6 cm³/mol. The molecule has 0 spiro atoms. The van der Waals surface area contributed by atoms with E-state index < -0.39 is 22.0 Å². The first-order valence-electron chi connectivity index (χ1n) is 7.41. The minimum atomic E-state index is -4.67. The number of aromatic nitrogens is 1. The van der Waals surface area contributed by atoms with Crippen LogP contribution >= 0.6 is 22.9 Å². The van der Waals surface area contributed by atoms with Crippen LogP contribution in [-0.4, -0.2) is 13.6 Å². The van der Waals surface area contributed by atoms with Crippen LogP contribution in [0.2, 0.25) is 5.02 Å². The van der Waals surface area contributed by atoms with Gasteiger partial charge in [-0.25, -0.2) is 8.42 Å². The van der Waals surface area contributed by atoms with E-state index in [-0.39, 0.29) is 15.5 Å². The monoisotopic (exact) mass is 436 g/mol. The summed E-state index contributed by atoms with van der Waals surface area (Å²) in [5.74, 6) is -1.25. The second-order valence-electron chi connectivity index (χ2n) is 5.62. The summed E-state index contributed by atoms with van der Waals surface area (Å²) in [6, 6.07) is 6.80. The summed E-state index contributed by atoms with van der Waals surface area (Å²) in [5, 5.41) is 3.78. The summed E-state index contributed by atoms with van der Waals surface area (Å²) < 4.78 is 70.2. The predicted octanol–water partition coefficient (Wildman–Crippen LogP) is 5.49. The van der Waals surface area contributed by atoms with Crippen molar-refractivity contribution in [2.75, 3.05) is 4.72 Å². The second kappa shape index (κ2) is 6.84. The Morgan fingerprint density at radius 2 is 1.93 bits per heavy atom. The molecule has 0 saturated heterocycles. The fraction of sp³-hybridized carbons (Fsp3) is 0.188. The highest BCUT2D eigenvalue weighted by molar-refractivity contribution is 7.93. The average molecular weight is 437 g/mol. The Labute approximate surface area is 161 Å². The van der Waals surface area contributed by atoms with Crippen molar-refractivity contribution >= 4 is 38.6 Å². The zero-order chi connectivity index (χ0) is 20.0. The Morgan fingerprint density at radius 3 is 2.56 bits per heavy atom. The third-order valence-corrected chi connectivity index (χ3v) is 6.82. The van der Waals surface area contributed by atoms with Crippen molar-refractivity contribution in [3.63, 3.8) is 0 Å². The molecule has 3 rings (SSSR count). The number of sulfonamides is 1. The van der Waals surface area contributed by atoms with E-state index in [1.807, 2.05) is 0 Å². The summed E-state index contributed by atoms with van der Waals surface area (Å²) >= 11 is 7.00. The second-order valence-corrected chi connectivity index (χ2v) is 8.94. The highest BCUT2D eigenvalue weighted by Gasteiger charge is 2.36. The lowest BCUT2D eigenvalue weighted by Gasteiger charge is -2.11. The van der Waals surface area contributed by atoms with Crippen LogP contribution in [0.1, 0.15) is 16.2 Å². The van der Waals surface area contributed by atoms with Gasteiger partial charge in [0.15, 0.2) is 0 Å². The molecule has 27 heavy (non-hydrogen) atoms. The lowest BCUT2D eigenvalue weighted by atomic mass is 10.2. The molecule has 1 aromatic carbocycles. The number of nitrogens with zero attached hydrogens (tertiary/aromatic N) is 1. The number of alkyl halides is 3. The van der Waals surface area contributed by atoms with Gasteiger partial charge in [0.05, 0.1) is 10.6 Å². The fourth-order valence-corrected chi connectivity index (χ4v) is 5.14. The molecule has 0 amide bonds. The van der Waals surface area contributed by atoms with Gasteiger partial charge in [0.2, 0.25) is 5.76 Å². The molecule has 3 aromatic rings. The average Bonchev–Trinajstić information content (AvgIpc) is 3.18. The van der Waals surface area contributed by atoms with Crippen molar-refractivity contribution in [3.8, 4) is 10.6 Å². The van der Waals surface area contributed by atoms with E-state index in [0.29, 0.717) is 21.2 Å². The highest BCUT2D eigenvalue weighted by Crippen LogP contribution is 2.37. The molecular weight excluding hydrogens is 425 g/mol. The third kappa shape index (κ3) is 3.97. The van der Waals surface area contributed by atoms with Crippen molar-refractivity contribution in [2.24, 2.45) is 0 Å². The maximum Gasteiger partial charge on any atom is 0.452 e. The van der Waals surface area contributed by atoms with E-state index in [1.165, 1.54) is 6.07 Å². The number of rotatable bonds is 4. The van der Waals surface area contributed by atoms with Gasteiger partial charge in [0.25, 0.3) is 10.0 Å². The Balaban J connectivity index is 1.96. The molecule has 0 atom stereocenters. The molecule has 0 fully saturated rings. The Hall–Kier alpha value is -2.04. The van der Waals surface area contributed by atoms with Crippen LogP contribution in [0.5, 0.6) is 0 Å². The zero-order valence-corrected chi connectivity index (χ0v) is 16.3. The van der Waals surface area contributed by atoms with E-state index in [4.69, 9.17) is 11.6 Å². The number of aryl methyl sites for hydroxylation is 1. The Bertz CT molecular complexity index is 1100. The van der Waals surface area contributed by atoms with Crippen LogP contribution in [0.15, 0.2) is 39.8 Å². The molecule has 0 aliphatic heterocycles. The van der Waals surface area contributed by atoms with Crippen LogP contribution in [0.4, 0.5) is 18.9 Å². The first-order valence-corrected chi connectivity index (χ1v) is 10.1. The van der Waals surface area contributed by atoms with Crippen LogP contribution in [0.25, 0.3) is 10.6 Å². The molecule has 2 heterocycles. The fourth-order valence-electron chi connectivity index (χ4n) is 2.30. The van der Waals surface area contributed by atoms with Crippen LogP contribution in [0.3, 0.4) is 0 Å². The lowest BCUT2D eigenvalue weighted by molar-refractivity contribution is -0.155. The minimum absolute atomic E-state index is 0.0570. The molecule has 11 heteroatoms. The van der Waals surface area contributed by atoms with Gasteiger partial charge in [-0.3, -0.25) is 4.72 Å². The number of nitrogens with one attached hydrogen (secondary N) is 1. The number of anilines is 1. The first-order chi connectivity index (χ1) is 12.5. The summed E-state index contributed by atoms with van der Waals surface area (Å²) in [5.41, 5.74) is 0.786. The normalized spacial score (nSPS) is 12.4. The van der Waals surface area contributed by atoms with E-state index in [9.17, 15) is 21.6 Å². The standard InChI is InChI=1S/C16H12ClF3N2O3S2/c1-8-10(17)4-3-5-11(8)22-27(23,24)14-7-13(26-9(14)2)12-6-15(25-21-12)16(18,19)20/h3-7,22H,1-2H3. The molecule has 5 nitrogen and oxygen atoms in total. The van der Waals surface area contributed by atoms with Gasteiger partial charge in [0.1, 0.15) is 10.6 Å². The molecule has 0 saturated carbocycles. The molecule has 2 aromatic heterocycles. The van der Waals surface area contributed by atoms with Gasteiger partial charge in [0, 0.05) is 16.0 Å². The van der Waals surface area contributed by atoms with Crippen molar-refractivity contribution < 1.29 is 26.1 Å². The third-order valence-electron chi connectivity index (χ3n) is 3.72. The van der Waals surface area contributed by atoms with Gasteiger partial charge in [-0.15, -0.1) is 11.3 Å². The molecule has 0 aliphatic carbocycles. The van der Waals surface area contributed by atoms with Gasteiger partial charge >= 0.3 is 6.18 Å². The number of hydrogen-bond donors (Lipinski definition) is 1. The number of thiophene rings is 1. The van der Waals surface area contributed by atoms with Crippen LogP contribution < -0.4 is 4.72 Å². The van der Waals surface area contributed by atoms with Gasteiger partial charge in [-0.05, 0) is 37.6 Å². The van der Waals surface area contributed by atoms with Crippen LogP contribution in [-0.2, 0) is 16.2 Å².